The Kier molecular flexibility index (Phi) is 6.20. The van der Waals surface area contributed by atoms with E-state index in [-0.39, 0.29) is 12.0 Å². The van der Waals surface area contributed by atoms with Gasteiger partial charge in [0.15, 0.2) is 11.5 Å². The molecule has 0 N–H and O–H groups in total. The van der Waals surface area contributed by atoms with Crippen molar-refractivity contribution >= 4 is 29.4 Å². The second-order valence-corrected chi connectivity index (χ2v) is 6.98. The molecule has 1 aliphatic rings. The molecule has 0 saturated heterocycles. The monoisotopic (exact) mass is 408 g/mol. The van der Waals surface area contributed by atoms with Crippen molar-refractivity contribution in [3.63, 3.8) is 0 Å². The Morgan fingerprint density at radius 3 is 2.30 bits per heavy atom. The van der Waals surface area contributed by atoms with E-state index in [0.717, 1.165) is 5.56 Å². The summed E-state index contributed by atoms with van der Waals surface area (Å²) >= 11 is 0. The minimum atomic E-state index is -0.405. The fourth-order valence-electron chi connectivity index (χ4n) is 2.99. The predicted octanol–water partition coefficient (Wildman–Crippen LogP) is 4.08. The summed E-state index contributed by atoms with van der Waals surface area (Å²) in [4.78, 5) is 25.0. The van der Waals surface area contributed by atoms with Gasteiger partial charge in [-0.25, -0.2) is 4.79 Å². The minimum absolute atomic E-state index is 0.200. The topological polar surface area (TPSA) is 77.4 Å². The summed E-state index contributed by atoms with van der Waals surface area (Å²) in [6.45, 7) is 5.36. The number of nitrogens with zero attached hydrogens (tertiary/aromatic N) is 2. The van der Waals surface area contributed by atoms with E-state index >= 15 is 0 Å². The lowest BCUT2D eigenvalue weighted by Crippen LogP contribution is -2.21. The summed E-state index contributed by atoms with van der Waals surface area (Å²) in [6, 6.07) is 12.0. The zero-order valence-electron chi connectivity index (χ0n) is 17.6. The average molecular weight is 408 g/mol. The van der Waals surface area contributed by atoms with Crippen LogP contribution in [0.2, 0.25) is 0 Å². The molecule has 0 unspecified atom stereocenters. The molecule has 0 radical (unpaired) electrons. The number of benzene rings is 2. The Morgan fingerprint density at radius 1 is 1.03 bits per heavy atom. The smallest absolute Gasteiger partial charge is 0.338 e. The Labute approximate surface area is 175 Å². The van der Waals surface area contributed by atoms with Crippen molar-refractivity contribution in [2.45, 2.75) is 26.9 Å². The molecule has 1 aliphatic heterocycles. The van der Waals surface area contributed by atoms with Crippen LogP contribution in [0, 0.1) is 0 Å². The van der Waals surface area contributed by atoms with Gasteiger partial charge in [-0.2, -0.15) is 10.1 Å². The highest BCUT2D eigenvalue weighted by Crippen LogP contribution is 2.30. The fraction of sp³-hybridized carbons (Fsp3) is 0.261. The summed E-state index contributed by atoms with van der Waals surface area (Å²) in [5, 5.41) is 5.70. The number of anilines is 1. The number of amides is 1. The minimum Gasteiger partial charge on any atom is -0.493 e. The molecule has 0 saturated carbocycles. The van der Waals surface area contributed by atoms with Gasteiger partial charge in [0.2, 0.25) is 0 Å². The van der Waals surface area contributed by atoms with Crippen molar-refractivity contribution in [1.82, 2.24) is 0 Å². The van der Waals surface area contributed by atoms with Crippen LogP contribution in [0.5, 0.6) is 11.5 Å². The van der Waals surface area contributed by atoms with Crippen LogP contribution in [-0.2, 0) is 9.53 Å². The number of ether oxygens (including phenoxy) is 3. The Hall–Kier alpha value is -3.61. The number of hydrogen-bond donors (Lipinski definition) is 0. The van der Waals surface area contributed by atoms with Crippen molar-refractivity contribution in [3.8, 4) is 11.5 Å². The maximum Gasteiger partial charge on any atom is 0.338 e. The highest BCUT2D eigenvalue weighted by molar-refractivity contribution is 6.32. The SMILES string of the molecule is COc1ccc(C=C2C(=O)N(c3ccc(C(=O)OC(C)C)cc3)N=C2C)cc1OC. The van der Waals surface area contributed by atoms with Gasteiger partial charge in [0, 0.05) is 0 Å². The third kappa shape index (κ3) is 4.35. The van der Waals surface area contributed by atoms with Gasteiger partial charge in [-0.3, -0.25) is 4.79 Å². The van der Waals surface area contributed by atoms with Gasteiger partial charge in [-0.15, -0.1) is 0 Å². The Morgan fingerprint density at radius 2 is 1.70 bits per heavy atom. The molecule has 7 nitrogen and oxygen atoms in total. The number of rotatable bonds is 6. The van der Waals surface area contributed by atoms with Gasteiger partial charge in [-0.05, 0) is 68.8 Å². The van der Waals surface area contributed by atoms with E-state index < -0.39 is 5.97 Å². The van der Waals surface area contributed by atoms with Crippen molar-refractivity contribution in [2.24, 2.45) is 5.10 Å². The van der Waals surface area contributed by atoms with E-state index in [4.69, 9.17) is 14.2 Å². The Bertz CT molecular complexity index is 1020. The number of hydrogen-bond acceptors (Lipinski definition) is 6. The molecule has 0 bridgehead atoms. The molecule has 0 fully saturated rings. The summed E-state index contributed by atoms with van der Waals surface area (Å²) in [7, 11) is 3.13. The van der Waals surface area contributed by atoms with Crippen LogP contribution in [0.1, 0.15) is 36.7 Å². The summed E-state index contributed by atoms with van der Waals surface area (Å²) in [6.07, 6.45) is 1.56. The van der Waals surface area contributed by atoms with Crippen molar-refractivity contribution < 1.29 is 23.8 Å². The van der Waals surface area contributed by atoms with Crippen LogP contribution in [-0.4, -0.2) is 37.9 Å². The van der Waals surface area contributed by atoms with E-state index in [9.17, 15) is 9.59 Å². The van der Waals surface area contributed by atoms with E-state index in [1.807, 2.05) is 6.07 Å². The molecule has 7 heteroatoms. The third-order valence-electron chi connectivity index (χ3n) is 4.47. The number of hydrazone groups is 1. The normalized spacial score (nSPS) is 14.9. The van der Waals surface area contributed by atoms with Crippen LogP contribution in [0.25, 0.3) is 6.08 Å². The molecule has 0 aromatic heterocycles. The first-order chi connectivity index (χ1) is 14.3. The largest absolute Gasteiger partial charge is 0.493 e. The molecule has 2 aromatic rings. The van der Waals surface area contributed by atoms with E-state index in [2.05, 4.69) is 5.10 Å². The predicted molar refractivity (Wildman–Crippen MR) is 115 cm³/mol. The number of carbonyl (C=O) groups excluding carboxylic acids is 2. The van der Waals surface area contributed by atoms with Gasteiger partial charge < -0.3 is 14.2 Å². The van der Waals surface area contributed by atoms with Crippen LogP contribution in [0.4, 0.5) is 5.69 Å². The van der Waals surface area contributed by atoms with Gasteiger partial charge in [0.05, 0.1) is 42.9 Å². The molecular formula is C23H24N2O5. The zero-order chi connectivity index (χ0) is 21.8. The molecule has 0 atom stereocenters. The number of esters is 1. The standard InChI is InChI=1S/C23H24N2O5/c1-14(2)30-23(27)17-7-9-18(10-8-17)25-22(26)19(15(3)24-25)12-16-6-11-20(28-4)21(13-16)29-5/h6-14H,1-5H3. The van der Waals surface area contributed by atoms with Gasteiger partial charge in [0.1, 0.15) is 0 Å². The first kappa shape index (κ1) is 21.1. The first-order valence-corrected chi connectivity index (χ1v) is 9.49. The maximum absolute atomic E-state index is 13.0. The molecule has 0 aliphatic carbocycles. The fourth-order valence-corrected chi connectivity index (χ4v) is 2.99. The molecule has 2 aromatic carbocycles. The summed E-state index contributed by atoms with van der Waals surface area (Å²) < 4.78 is 15.8. The Balaban J connectivity index is 1.83. The molecule has 3 rings (SSSR count). The van der Waals surface area contributed by atoms with Crippen molar-refractivity contribution in [3.05, 3.63) is 59.2 Å². The average Bonchev–Trinajstić information content (AvgIpc) is 3.01. The van der Waals surface area contributed by atoms with Crippen LogP contribution < -0.4 is 14.5 Å². The van der Waals surface area contributed by atoms with E-state index in [0.29, 0.717) is 34.0 Å². The van der Waals surface area contributed by atoms with Crippen LogP contribution in [0.3, 0.4) is 0 Å². The van der Waals surface area contributed by atoms with Gasteiger partial charge in [0.25, 0.3) is 5.91 Å². The van der Waals surface area contributed by atoms with E-state index in [1.165, 1.54) is 5.01 Å². The van der Waals surface area contributed by atoms with E-state index in [1.54, 1.807) is 77.5 Å². The van der Waals surface area contributed by atoms with Crippen LogP contribution in [0.15, 0.2) is 53.1 Å². The highest BCUT2D eigenvalue weighted by Gasteiger charge is 2.29. The zero-order valence-corrected chi connectivity index (χ0v) is 17.6. The number of carbonyl (C=O) groups is 2. The molecule has 1 amide bonds. The lowest BCUT2D eigenvalue weighted by atomic mass is 10.1. The lowest BCUT2D eigenvalue weighted by molar-refractivity contribution is -0.114. The second-order valence-electron chi connectivity index (χ2n) is 6.98. The van der Waals surface area contributed by atoms with Crippen molar-refractivity contribution in [1.29, 1.82) is 0 Å². The van der Waals surface area contributed by atoms with Gasteiger partial charge >= 0.3 is 5.97 Å². The summed E-state index contributed by atoms with van der Waals surface area (Å²) in [5.41, 5.74) is 2.85. The molecule has 30 heavy (non-hydrogen) atoms. The lowest BCUT2D eigenvalue weighted by Gasteiger charge is -2.13. The maximum atomic E-state index is 13.0. The second kappa shape index (κ2) is 8.82. The number of methoxy groups -OCH3 is 2. The first-order valence-electron chi connectivity index (χ1n) is 9.49. The highest BCUT2D eigenvalue weighted by atomic mass is 16.5. The molecule has 156 valence electrons. The molecular weight excluding hydrogens is 384 g/mol. The third-order valence-corrected chi connectivity index (χ3v) is 4.47. The molecule has 1 heterocycles. The van der Waals surface area contributed by atoms with Gasteiger partial charge in [-0.1, -0.05) is 6.07 Å². The van der Waals surface area contributed by atoms with Crippen LogP contribution >= 0.6 is 0 Å². The summed E-state index contributed by atoms with van der Waals surface area (Å²) in [5.74, 6) is 0.533. The molecule has 0 spiro atoms. The quantitative estimate of drug-likeness (QED) is 0.532. The van der Waals surface area contributed by atoms with Crippen molar-refractivity contribution in [2.75, 3.05) is 19.2 Å².